The van der Waals surface area contributed by atoms with Crippen molar-refractivity contribution in [3.05, 3.63) is 65.3 Å². The van der Waals surface area contributed by atoms with Gasteiger partial charge >= 0.3 is 0 Å². The van der Waals surface area contributed by atoms with E-state index in [-0.39, 0.29) is 0 Å². The van der Waals surface area contributed by atoms with Gasteiger partial charge in [-0.05, 0) is 24.3 Å². The van der Waals surface area contributed by atoms with Gasteiger partial charge in [-0.1, -0.05) is 46.3 Å². The van der Waals surface area contributed by atoms with Crippen LogP contribution in [-0.2, 0) is 0 Å². The zero-order valence-electron chi connectivity index (χ0n) is 9.51. The van der Waals surface area contributed by atoms with Gasteiger partial charge in [0.1, 0.15) is 11.3 Å². The number of halogens is 1. The van der Waals surface area contributed by atoms with Gasteiger partial charge in [-0.25, -0.2) is 0 Å². The number of nitrogens with zero attached hydrogens (tertiary/aromatic N) is 1. The Labute approximate surface area is 113 Å². The van der Waals surface area contributed by atoms with Crippen molar-refractivity contribution >= 4 is 26.8 Å². The molecule has 0 fully saturated rings. The van der Waals surface area contributed by atoms with Crippen LogP contribution >= 0.6 is 15.9 Å². The van der Waals surface area contributed by atoms with Crippen molar-refractivity contribution < 1.29 is 4.74 Å². The molecule has 0 spiro atoms. The lowest BCUT2D eigenvalue weighted by Crippen LogP contribution is -1.88. The topological polar surface area (TPSA) is 22.1 Å². The minimum atomic E-state index is 0.764. The van der Waals surface area contributed by atoms with Crippen LogP contribution in [0.15, 0.2) is 65.3 Å². The number of aromatic nitrogens is 1. The Morgan fingerprint density at radius 1 is 0.889 bits per heavy atom. The third-order valence-corrected chi connectivity index (χ3v) is 3.34. The van der Waals surface area contributed by atoms with Crippen molar-refractivity contribution in [2.45, 2.75) is 0 Å². The van der Waals surface area contributed by atoms with Crippen LogP contribution in [-0.4, -0.2) is 4.98 Å². The van der Waals surface area contributed by atoms with Crippen LogP contribution in [0, 0.1) is 0 Å². The Morgan fingerprint density at radius 3 is 2.56 bits per heavy atom. The molecule has 0 saturated carbocycles. The Bertz CT molecular complexity index is 682. The molecule has 0 saturated heterocycles. The molecule has 0 radical (unpaired) electrons. The molecule has 0 bridgehead atoms. The number of hydrogen-bond donors (Lipinski definition) is 0. The van der Waals surface area contributed by atoms with Crippen LogP contribution in [0.4, 0.5) is 0 Å². The second kappa shape index (κ2) is 4.78. The molecule has 1 aromatic heterocycles. The summed E-state index contributed by atoms with van der Waals surface area (Å²) in [5.74, 6) is 1.58. The van der Waals surface area contributed by atoms with E-state index in [0.29, 0.717) is 0 Å². The molecule has 18 heavy (non-hydrogen) atoms. The van der Waals surface area contributed by atoms with Gasteiger partial charge < -0.3 is 4.74 Å². The van der Waals surface area contributed by atoms with E-state index in [0.717, 1.165) is 26.9 Å². The van der Waals surface area contributed by atoms with E-state index in [1.54, 1.807) is 6.20 Å². The van der Waals surface area contributed by atoms with E-state index in [1.165, 1.54) is 0 Å². The average Bonchev–Trinajstić information content (AvgIpc) is 2.41. The number of para-hydroxylation sites is 2. The first-order valence-electron chi connectivity index (χ1n) is 5.61. The lowest BCUT2D eigenvalue weighted by atomic mass is 10.2. The highest BCUT2D eigenvalue weighted by atomic mass is 79.9. The van der Waals surface area contributed by atoms with Gasteiger partial charge in [-0.15, -0.1) is 0 Å². The molecule has 0 atom stereocenters. The first-order chi connectivity index (χ1) is 8.84. The fraction of sp³-hybridized carbons (Fsp3) is 0. The number of rotatable bonds is 2. The molecule has 0 N–H and O–H groups in total. The summed E-state index contributed by atoms with van der Waals surface area (Å²) in [5.41, 5.74) is 0.857. The second-order valence-electron chi connectivity index (χ2n) is 3.86. The van der Waals surface area contributed by atoms with E-state index < -0.39 is 0 Å². The van der Waals surface area contributed by atoms with E-state index in [9.17, 15) is 0 Å². The molecular formula is C15H10BrNO. The van der Waals surface area contributed by atoms with Crippen LogP contribution < -0.4 is 4.74 Å². The molecule has 0 unspecified atom stereocenters. The van der Waals surface area contributed by atoms with Gasteiger partial charge in [0.15, 0.2) is 5.75 Å². The van der Waals surface area contributed by atoms with Crippen molar-refractivity contribution in [2.24, 2.45) is 0 Å². The van der Waals surface area contributed by atoms with Crippen LogP contribution in [0.25, 0.3) is 10.9 Å². The first-order valence-corrected chi connectivity index (χ1v) is 6.40. The predicted molar refractivity (Wildman–Crippen MR) is 76.0 cm³/mol. The van der Waals surface area contributed by atoms with Crippen molar-refractivity contribution in [1.82, 2.24) is 4.98 Å². The third kappa shape index (κ3) is 2.09. The van der Waals surface area contributed by atoms with Gasteiger partial charge in [0, 0.05) is 16.1 Å². The average molecular weight is 300 g/mol. The lowest BCUT2D eigenvalue weighted by molar-refractivity contribution is 0.487. The number of hydrogen-bond acceptors (Lipinski definition) is 2. The summed E-state index contributed by atoms with van der Waals surface area (Å²) in [6.07, 6.45) is 1.77. The largest absolute Gasteiger partial charge is 0.455 e. The Hall–Kier alpha value is -1.87. The number of fused-ring (bicyclic) bond motifs is 1. The van der Waals surface area contributed by atoms with Gasteiger partial charge in [-0.3, -0.25) is 4.98 Å². The molecule has 0 aliphatic rings. The maximum Gasteiger partial charge on any atom is 0.153 e. The van der Waals surface area contributed by atoms with Crippen molar-refractivity contribution in [1.29, 1.82) is 0 Å². The van der Waals surface area contributed by atoms with E-state index in [4.69, 9.17) is 4.74 Å². The highest BCUT2D eigenvalue weighted by Gasteiger charge is 2.06. The molecule has 0 aliphatic heterocycles. The van der Waals surface area contributed by atoms with Crippen LogP contribution in [0.3, 0.4) is 0 Å². The van der Waals surface area contributed by atoms with Crippen molar-refractivity contribution in [2.75, 3.05) is 0 Å². The number of pyridine rings is 1. The quantitative estimate of drug-likeness (QED) is 0.679. The molecule has 3 rings (SSSR count). The zero-order valence-corrected chi connectivity index (χ0v) is 11.1. The Balaban J connectivity index is 2.10. The normalized spacial score (nSPS) is 10.5. The summed E-state index contributed by atoms with van der Waals surface area (Å²) >= 11 is 3.52. The van der Waals surface area contributed by atoms with Crippen molar-refractivity contribution in [3.8, 4) is 11.5 Å². The van der Waals surface area contributed by atoms with E-state index in [2.05, 4.69) is 20.9 Å². The van der Waals surface area contributed by atoms with Crippen molar-refractivity contribution in [3.63, 3.8) is 0 Å². The minimum absolute atomic E-state index is 0.764. The van der Waals surface area contributed by atoms with Crippen LogP contribution in [0.2, 0.25) is 0 Å². The summed E-state index contributed by atoms with van der Waals surface area (Å²) in [5, 5.41) is 1.05. The van der Waals surface area contributed by atoms with Gasteiger partial charge in [0.05, 0.1) is 0 Å². The minimum Gasteiger partial charge on any atom is -0.455 e. The van der Waals surface area contributed by atoms with Gasteiger partial charge in [-0.2, -0.15) is 0 Å². The predicted octanol–water partition coefficient (Wildman–Crippen LogP) is 4.79. The third-order valence-electron chi connectivity index (χ3n) is 2.65. The first kappa shape index (κ1) is 11.2. The highest BCUT2D eigenvalue weighted by molar-refractivity contribution is 9.10. The maximum absolute atomic E-state index is 5.86. The lowest BCUT2D eigenvalue weighted by Gasteiger charge is -2.08. The fourth-order valence-corrected chi connectivity index (χ4v) is 2.25. The van der Waals surface area contributed by atoms with Gasteiger partial charge in [0.2, 0.25) is 0 Å². The molecular weight excluding hydrogens is 290 g/mol. The smallest absolute Gasteiger partial charge is 0.153 e. The number of benzene rings is 2. The fourth-order valence-electron chi connectivity index (χ4n) is 1.81. The maximum atomic E-state index is 5.86. The molecule has 3 heteroatoms. The van der Waals surface area contributed by atoms with E-state index >= 15 is 0 Å². The number of ether oxygens (including phenoxy) is 1. The van der Waals surface area contributed by atoms with Crippen LogP contribution in [0.5, 0.6) is 11.5 Å². The summed E-state index contributed by atoms with van der Waals surface area (Å²) in [7, 11) is 0. The molecule has 88 valence electrons. The highest BCUT2D eigenvalue weighted by Crippen LogP contribution is 2.31. The standard InChI is InChI=1S/C15H10BrNO/c16-13-9-10-17-15-12(13)7-4-8-14(15)18-11-5-2-1-3-6-11/h1-10H. The molecule has 0 aliphatic carbocycles. The molecule has 3 aromatic rings. The molecule has 0 amide bonds. The Morgan fingerprint density at radius 2 is 1.72 bits per heavy atom. The second-order valence-corrected chi connectivity index (χ2v) is 4.71. The monoisotopic (exact) mass is 299 g/mol. The molecule has 2 nitrogen and oxygen atoms in total. The summed E-state index contributed by atoms with van der Waals surface area (Å²) in [4.78, 5) is 4.38. The van der Waals surface area contributed by atoms with Crippen LogP contribution in [0.1, 0.15) is 0 Å². The zero-order chi connectivity index (χ0) is 12.4. The summed E-state index contributed by atoms with van der Waals surface area (Å²) in [6.45, 7) is 0. The van der Waals surface area contributed by atoms with E-state index in [1.807, 2.05) is 54.6 Å². The summed E-state index contributed by atoms with van der Waals surface area (Å²) in [6, 6.07) is 17.5. The molecule has 1 heterocycles. The SMILES string of the molecule is Brc1ccnc2c(Oc3ccccc3)cccc12. The van der Waals surface area contributed by atoms with Gasteiger partial charge in [0.25, 0.3) is 0 Å². The summed E-state index contributed by atoms with van der Waals surface area (Å²) < 4.78 is 6.88. The Kier molecular flexibility index (Phi) is 2.99. The molecule has 2 aromatic carbocycles.